The van der Waals surface area contributed by atoms with Gasteiger partial charge in [-0.25, -0.2) is 4.39 Å². The van der Waals surface area contributed by atoms with Gasteiger partial charge in [-0.1, -0.05) is 6.92 Å². The number of hydrogen-bond acceptors (Lipinski definition) is 2. The molecule has 0 aliphatic carbocycles. The standard InChI is InChI=1S/C17H22FN3O/c1-9-5-4-6-21(8-9)16-13(18)7-12(17(19)22)15-14(16)10(2)11(3)20-15/h7,9,20H,4-6,8H2,1-3H3,(H2,19,22)/t9-/m0/s1. The van der Waals surface area contributed by atoms with Crippen molar-refractivity contribution < 1.29 is 9.18 Å². The van der Waals surface area contributed by atoms with Crippen molar-refractivity contribution in [1.82, 2.24) is 4.98 Å². The number of anilines is 1. The van der Waals surface area contributed by atoms with Gasteiger partial charge in [0.15, 0.2) is 0 Å². The minimum Gasteiger partial charge on any atom is -0.368 e. The van der Waals surface area contributed by atoms with Crippen LogP contribution in [0.1, 0.15) is 41.4 Å². The first-order valence-corrected chi connectivity index (χ1v) is 7.76. The Balaban J connectivity index is 2.28. The number of aromatic amines is 1. The SMILES string of the molecule is Cc1[nH]c2c(C(N)=O)cc(F)c(N3CCC[C@H](C)C3)c2c1C. The zero-order chi connectivity index (χ0) is 16.0. The van der Waals surface area contributed by atoms with E-state index >= 15 is 0 Å². The lowest BCUT2D eigenvalue weighted by Gasteiger charge is -2.33. The van der Waals surface area contributed by atoms with Crippen LogP contribution in [-0.4, -0.2) is 24.0 Å². The number of halogens is 1. The summed E-state index contributed by atoms with van der Waals surface area (Å²) in [6.45, 7) is 7.76. The highest BCUT2D eigenvalue weighted by molar-refractivity contribution is 6.10. The number of aryl methyl sites for hydroxylation is 2. The average Bonchev–Trinajstić information content (AvgIpc) is 2.74. The molecule has 1 fully saturated rings. The Morgan fingerprint density at radius 2 is 2.18 bits per heavy atom. The van der Waals surface area contributed by atoms with Crippen molar-refractivity contribution in [2.24, 2.45) is 11.7 Å². The van der Waals surface area contributed by atoms with Crippen LogP contribution in [0.3, 0.4) is 0 Å². The summed E-state index contributed by atoms with van der Waals surface area (Å²) in [5, 5.41) is 0.792. The maximum Gasteiger partial charge on any atom is 0.250 e. The van der Waals surface area contributed by atoms with E-state index in [9.17, 15) is 9.18 Å². The Bertz CT molecular complexity index is 750. The molecule has 0 radical (unpaired) electrons. The van der Waals surface area contributed by atoms with Gasteiger partial charge in [-0.3, -0.25) is 4.79 Å². The van der Waals surface area contributed by atoms with E-state index in [0.29, 0.717) is 17.1 Å². The van der Waals surface area contributed by atoms with E-state index in [0.717, 1.165) is 36.2 Å². The maximum atomic E-state index is 14.8. The second kappa shape index (κ2) is 5.30. The van der Waals surface area contributed by atoms with Crippen molar-refractivity contribution in [3.8, 4) is 0 Å². The number of carbonyl (C=O) groups excluding carboxylic acids is 1. The third kappa shape index (κ3) is 2.25. The highest BCUT2D eigenvalue weighted by Crippen LogP contribution is 2.37. The summed E-state index contributed by atoms with van der Waals surface area (Å²) in [5.41, 5.74) is 8.81. The third-order valence-corrected chi connectivity index (χ3v) is 4.74. The van der Waals surface area contributed by atoms with Crippen LogP contribution in [0, 0.1) is 25.6 Å². The summed E-state index contributed by atoms with van der Waals surface area (Å²) in [4.78, 5) is 17.0. The fourth-order valence-corrected chi connectivity index (χ4v) is 3.50. The molecule has 0 unspecified atom stereocenters. The summed E-state index contributed by atoms with van der Waals surface area (Å²) in [6, 6.07) is 1.27. The molecule has 0 saturated carbocycles. The van der Waals surface area contributed by atoms with Crippen molar-refractivity contribution >= 4 is 22.5 Å². The molecule has 4 nitrogen and oxygen atoms in total. The number of primary amides is 1. The number of hydrogen-bond donors (Lipinski definition) is 2. The van der Waals surface area contributed by atoms with Crippen molar-refractivity contribution in [1.29, 1.82) is 0 Å². The number of rotatable bonds is 2. The molecule has 5 heteroatoms. The summed E-state index contributed by atoms with van der Waals surface area (Å²) in [6.07, 6.45) is 2.23. The molecule has 1 aromatic carbocycles. The second-order valence-corrected chi connectivity index (χ2v) is 6.44. The number of aromatic nitrogens is 1. The number of amides is 1. The molecule has 3 rings (SSSR count). The van der Waals surface area contributed by atoms with Crippen LogP contribution in [0.4, 0.5) is 10.1 Å². The average molecular weight is 303 g/mol. The monoisotopic (exact) mass is 303 g/mol. The van der Waals surface area contributed by atoms with E-state index in [1.54, 1.807) is 0 Å². The van der Waals surface area contributed by atoms with Crippen LogP contribution >= 0.6 is 0 Å². The van der Waals surface area contributed by atoms with Gasteiger partial charge in [-0.2, -0.15) is 0 Å². The molecule has 118 valence electrons. The number of benzene rings is 1. The molecule has 22 heavy (non-hydrogen) atoms. The second-order valence-electron chi connectivity index (χ2n) is 6.44. The van der Waals surface area contributed by atoms with Gasteiger partial charge in [0.2, 0.25) is 0 Å². The molecule has 1 amide bonds. The van der Waals surface area contributed by atoms with Gasteiger partial charge in [0.1, 0.15) is 5.82 Å². The Labute approximate surface area is 129 Å². The quantitative estimate of drug-likeness (QED) is 0.894. The van der Waals surface area contributed by atoms with Crippen molar-refractivity contribution in [3.05, 3.63) is 28.7 Å². The molecular formula is C17H22FN3O. The molecular weight excluding hydrogens is 281 g/mol. The minimum absolute atomic E-state index is 0.220. The van der Waals surface area contributed by atoms with Crippen LogP contribution in [0.5, 0.6) is 0 Å². The van der Waals surface area contributed by atoms with E-state index < -0.39 is 5.91 Å². The normalized spacial score (nSPS) is 18.9. The highest BCUT2D eigenvalue weighted by Gasteiger charge is 2.26. The molecule has 3 N–H and O–H groups in total. The Kier molecular flexibility index (Phi) is 3.59. The number of fused-ring (bicyclic) bond motifs is 1. The number of carbonyl (C=O) groups is 1. The molecule has 0 bridgehead atoms. The lowest BCUT2D eigenvalue weighted by Crippen LogP contribution is -2.35. The first-order valence-electron chi connectivity index (χ1n) is 7.76. The summed E-state index contributed by atoms with van der Waals surface area (Å²) < 4.78 is 14.8. The summed E-state index contributed by atoms with van der Waals surface area (Å²) >= 11 is 0. The van der Waals surface area contributed by atoms with Crippen LogP contribution in [0.15, 0.2) is 6.07 Å². The van der Waals surface area contributed by atoms with E-state index in [1.165, 1.54) is 12.5 Å². The molecule has 1 aliphatic heterocycles. The van der Waals surface area contributed by atoms with Crippen LogP contribution in [-0.2, 0) is 0 Å². The van der Waals surface area contributed by atoms with E-state index in [-0.39, 0.29) is 11.4 Å². The van der Waals surface area contributed by atoms with E-state index in [2.05, 4.69) is 16.8 Å². The molecule has 1 atom stereocenters. The van der Waals surface area contributed by atoms with Gasteiger partial charge < -0.3 is 15.6 Å². The summed E-state index contributed by atoms with van der Waals surface area (Å²) in [7, 11) is 0. The Hall–Kier alpha value is -2.04. The van der Waals surface area contributed by atoms with Gasteiger partial charge in [-0.05, 0) is 44.2 Å². The van der Waals surface area contributed by atoms with Gasteiger partial charge in [0.25, 0.3) is 5.91 Å². The fourth-order valence-electron chi connectivity index (χ4n) is 3.50. The molecule has 0 spiro atoms. The molecule has 1 aliphatic rings. The van der Waals surface area contributed by atoms with Gasteiger partial charge >= 0.3 is 0 Å². The van der Waals surface area contributed by atoms with Crippen LogP contribution in [0.2, 0.25) is 0 Å². The van der Waals surface area contributed by atoms with Crippen molar-refractivity contribution in [3.63, 3.8) is 0 Å². The smallest absolute Gasteiger partial charge is 0.250 e. The first-order chi connectivity index (χ1) is 10.4. The lowest BCUT2D eigenvalue weighted by molar-refractivity contribution is 0.100. The van der Waals surface area contributed by atoms with E-state index in [4.69, 9.17) is 5.73 Å². The molecule has 2 heterocycles. The van der Waals surface area contributed by atoms with Gasteiger partial charge in [0, 0.05) is 24.2 Å². The van der Waals surface area contributed by atoms with E-state index in [1.807, 2.05) is 13.8 Å². The summed E-state index contributed by atoms with van der Waals surface area (Å²) in [5.74, 6) is -0.430. The highest BCUT2D eigenvalue weighted by atomic mass is 19.1. The van der Waals surface area contributed by atoms with Crippen molar-refractivity contribution in [2.45, 2.75) is 33.6 Å². The zero-order valence-corrected chi connectivity index (χ0v) is 13.3. The van der Waals surface area contributed by atoms with Crippen LogP contribution in [0.25, 0.3) is 10.9 Å². The maximum absolute atomic E-state index is 14.8. The van der Waals surface area contributed by atoms with Crippen molar-refractivity contribution in [2.75, 3.05) is 18.0 Å². The molecule has 2 aromatic rings. The number of nitrogens with one attached hydrogen (secondary N) is 1. The predicted molar refractivity (Wildman–Crippen MR) is 86.9 cm³/mol. The minimum atomic E-state index is -0.608. The molecule has 1 aromatic heterocycles. The number of nitrogens with two attached hydrogens (primary N) is 1. The fraction of sp³-hybridized carbons (Fsp3) is 0.471. The van der Waals surface area contributed by atoms with Gasteiger partial charge in [-0.15, -0.1) is 0 Å². The topological polar surface area (TPSA) is 62.1 Å². The number of nitrogens with zero attached hydrogens (tertiary/aromatic N) is 1. The van der Waals surface area contributed by atoms with Crippen LogP contribution < -0.4 is 10.6 Å². The number of piperidine rings is 1. The predicted octanol–water partition coefficient (Wildman–Crippen LogP) is 3.26. The third-order valence-electron chi connectivity index (χ3n) is 4.74. The Morgan fingerprint density at radius 3 is 2.82 bits per heavy atom. The number of H-pyrrole nitrogens is 1. The molecule has 1 saturated heterocycles. The van der Waals surface area contributed by atoms with Gasteiger partial charge in [0.05, 0.1) is 16.8 Å². The zero-order valence-electron chi connectivity index (χ0n) is 13.3. The first kappa shape index (κ1) is 14.9. The lowest BCUT2D eigenvalue weighted by atomic mass is 9.97. The Morgan fingerprint density at radius 1 is 1.45 bits per heavy atom. The largest absolute Gasteiger partial charge is 0.368 e.